The van der Waals surface area contributed by atoms with Gasteiger partial charge in [0.2, 0.25) is 5.88 Å². The van der Waals surface area contributed by atoms with Crippen LogP contribution in [0, 0.1) is 6.07 Å². The number of rotatable bonds is 6. The molecule has 0 fully saturated rings. The summed E-state index contributed by atoms with van der Waals surface area (Å²) in [5.74, 6) is 2.29. The Morgan fingerprint density at radius 3 is 2.03 bits per heavy atom. The molecular weight excluding hydrogens is 667 g/mol. The van der Waals surface area contributed by atoms with Crippen molar-refractivity contribution in [2.75, 3.05) is 0 Å². The molecule has 0 bridgehead atoms. The molecule has 0 aliphatic carbocycles. The number of aromatic nitrogens is 4. The molecule has 0 unspecified atom stereocenters. The minimum Gasteiger partial charge on any atom is -0.507 e. The molecule has 2 aromatic heterocycles. The molecule has 0 aliphatic heterocycles. The van der Waals surface area contributed by atoms with Crippen molar-refractivity contribution in [1.29, 1.82) is 0 Å². The van der Waals surface area contributed by atoms with Crippen molar-refractivity contribution in [3.05, 3.63) is 128 Å². The first-order valence-electron chi connectivity index (χ1n) is 12.0. The summed E-state index contributed by atoms with van der Waals surface area (Å²) >= 11 is 0. The number of ether oxygens (including phenoxy) is 1. The van der Waals surface area contributed by atoms with Crippen LogP contribution in [0.1, 0.15) is 0 Å². The summed E-state index contributed by atoms with van der Waals surface area (Å²) in [5, 5.41) is 10.5. The van der Waals surface area contributed by atoms with Crippen molar-refractivity contribution < 1.29 is 30.9 Å². The molecule has 0 saturated carbocycles. The predicted molar refractivity (Wildman–Crippen MR) is 146 cm³/mol. The van der Waals surface area contributed by atoms with E-state index in [-0.39, 0.29) is 26.8 Å². The third kappa shape index (κ3) is 5.92. The zero-order chi connectivity index (χ0) is 25.7. The second-order valence-corrected chi connectivity index (χ2v) is 8.47. The van der Waals surface area contributed by atoms with Gasteiger partial charge in [0.1, 0.15) is 5.75 Å². The van der Waals surface area contributed by atoms with Crippen LogP contribution in [-0.2, 0) is 21.1 Å². The minimum atomic E-state index is 0. The number of hydrogen-bond donors (Lipinski definition) is 1. The number of para-hydroxylation sites is 1. The van der Waals surface area contributed by atoms with E-state index in [0.29, 0.717) is 40.2 Å². The smallest absolute Gasteiger partial charge is 0.217 e. The van der Waals surface area contributed by atoms with Crippen molar-refractivity contribution in [1.82, 2.24) is 19.9 Å². The maximum atomic E-state index is 10.5. The Kier molecular flexibility index (Phi) is 7.85. The average Bonchev–Trinajstić information content (AvgIpc) is 2.98. The molecule has 4 aromatic carbocycles. The molecule has 0 atom stereocenters. The monoisotopic (exact) mass is 688 g/mol. The normalized spacial score (nSPS) is 10.5. The summed E-state index contributed by atoms with van der Waals surface area (Å²) in [6.45, 7) is 0. The van der Waals surface area contributed by atoms with Gasteiger partial charge in [0.15, 0.2) is 11.6 Å². The van der Waals surface area contributed by atoms with Gasteiger partial charge in [-0.05, 0) is 29.3 Å². The Bertz CT molecular complexity index is 1710. The molecule has 6 nitrogen and oxygen atoms in total. The summed E-state index contributed by atoms with van der Waals surface area (Å²) < 4.78 is 6.07. The summed E-state index contributed by atoms with van der Waals surface area (Å²) in [6.07, 6.45) is 1.72. The first-order valence-corrected chi connectivity index (χ1v) is 12.0. The SMILES string of the molecule is Oc1ccccc1-c1nc(-c2[c-]c(Oc3cc(-c4ccccc4)ccn3)ccc2)nc(-c2ccccc2)n1.[Pt]. The second-order valence-electron chi connectivity index (χ2n) is 8.47. The van der Waals surface area contributed by atoms with Gasteiger partial charge in [-0.25, -0.2) is 9.97 Å². The van der Waals surface area contributed by atoms with E-state index in [0.717, 1.165) is 16.7 Å². The van der Waals surface area contributed by atoms with Gasteiger partial charge in [0.25, 0.3) is 0 Å². The minimum absolute atomic E-state index is 0. The van der Waals surface area contributed by atoms with E-state index in [1.165, 1.54) is 0 Å². The number of pyridine rings is 1. The fraction of sp³-hybridized carbons (Fsp3) is 0. The van der Waals surface area contributed by atoms with Crippen LogP contribution in [0.4, 0.5) is 0 Å². The fourth-order valence-electron chi connectivity index (χ4n) is 4.02. The molecule has 192 valence electrons. The van der Waals surface area contributed by atoms with Gasteiger partial charge in [0.05, 0.1) is 11.4 Å². The molecule has 0 spiro atoms. The maximum absolute atomic E-state index is 10.5. The first kappa shape index (κ1) is 26.0. The molecular formula is C32H21N4O2Pt-. The van der Waals surface area contributed by atoms with Crippen LogP contribution >= 0.6 is 0 Å². The summed E-state index contributed by atoms with van der Waals surface area (Å²) in [6, 6.07) is 39.3. The number of aromatic hydroxyl groups is 1. The topological polar surface area (TPSA) is 81.0 Å². The zero-order valence-electron chi connectivity index (χ0n) is 20.5. The molecule has 6 aromatic rings. The van der Waals surface area contributed by atoms with Crippen molar-refractivity contribution in [2.24, 2.45) is 0 Å². The third-order valence-corrected chi connectivity index (χ3v) is 5.88. The first-order chi connectivity index (χ1) is 18.7. The quantitative estimate of drug-likeness (QED) is 0.186. The number of phenols is 1. The number of hydrogen-bond acceptors (Lipinski definition) is 6. The van der Waals surface area contributed by atoms with Crippen LogP contribution in [0.3, 0.4) is 0 Å². The van der Waals surface area contributed by atoms with Crippen LogP contribution in [0.2, 0.25) is 0 Å². The largest absolute Gasteiger partial charge is 0.507 e. The molecule has 6 rings (SSSR count). The van der Waals surface area contributed by atoms with Crippen molar-refractivity contribution >= 4 is 0 Å². The Morgan fingerprint density at radius 1 is 0.590 bits per heavy atom. The Labute approximate surface area is 240 Å². The molecule has 39 heavy (non-hydrogen) atoms. The van der Waals surface area contributed by atoms with Crippen LogP contribution in [0.15, 0.2) is 121 Å². The number of nitrogens with zero attached hydrogens (tertiary/aromatic N) is 4. The van der Waals surface area contributed by atoms with E-state index in [9.17, 15) is 5.11 Å². The molecule has 0 aliphatic rings. The Hall–Kier alpha value is -4.67. The van der Waals surface area contributed by atoms with Gasteiger partial charge in [-0.15, -0.1) is 23.8 Å². The second kappa shape index (κ2) is 11.8. The van der Waals surface area contributed by atoms with Crippen LogP contribution in [0.25, 0.3) is 45.3 Å². The predicted octanol–water partition coefficient (Wildman–Crippen LogP) is 7.23. The van der Waals surface area contributed by atoms with Crippen LogP contribution < -0.4 is 4.74 Å². The van der Waals surface area contributed by atoms with Crippen LogP contribution in [-0.4, -0.2) is 25.0 Å². The van der Waals surface area contributed by atoms with Gasteiger partial charge in [-0.1, -0.05) is 78.9 Å². The maximum Gasteiger partial charge on any atom is 0.217 e. The molecule has 2 heterocycles. The molecule has 1 N–H and O–H groups in total. The van der Waals surface area contributed by atoms with E-state index < -0.39 is 0 Å². The molecule has 0 amide bonds. The van der Waals surface area contributed by atoms with E-state index in [4.69, 9.17) is 9.72 Å². The van der Waals surface area contributed by atoms with Crippen molar-refractivity contribution in [3.63, 3.8) is 0 Å². The van der Waals surface area contributed by atoms with E-state index in [2.05, 4.69) is 21.0 Å². The molecule has 0 saturated heterocycles. The number of phenolic OH excluding ortho intramolecular Hbond substituents is 1. The molecule has 0 radical (unpaired) electrons. The zero-order valence-corrected chi connectivity index (χ0v) is 22.8. The summed E-state index contributed by atoms with van der Waals surface area (Å²) in [4.78, 5) is 18.4. The fourth-order valence-corrected chi connectivity index (χ4v) is 4.02. The molecule has 7 heteroatoms. The van der Waals surface area contributed by atoms with Crippen molar-refractivity contribution in [2.45, 2.75) is 0 Å². The van der Waals surface area contributed by atoms with E-state index >= 15 is 0 Å². The standard InChI is InChI=1S/C32H21N4O2.Pt/c37-28-17-8-7-16-27(28)32-35-30(23-12-5-2-6-13-23)34-31(36-32)25-14-9-15-26(20-25)38-29-21-24(18-19-33-29)22-10-3-1-4-11-22;/h1-19,21,37H;/q-1;. The number of benzene rings is 4. The summed E-state index contributed by atoms with van der Waals surface area (Å²) in [5.41, 5.74) is 4.06. The average molecular weight is 689 g/mol. The van der Waals surface area contributed by atoms with Crippen molar-refractivity contribution in [3.8, 4) is 62.7 Å². The van der Waals surface area contributed by atoms with Gasteiger partial charge < -0.3 is 9.84 Å². The van der Waals surface area contributed by atoms with E-state index in [1.54, 1.807) is 24.4 Å². The Balaban J connectivity index is 0.00000308. The summed E-state index contributed by atoms with van der Waals surface area (Å²) in [7, 11) is 0. The Morgan fingerprint density at radius 2 is 1.26 bits per heavy atom. The van der Waals surface area contributed by atoms with Gasteiger partial charge in [-0.2, -0.15) is 0 Å². The van der Waals surface area contributed by atoms with Gasteiger partial charge in [0, 0.05) is 44.6 Å². The van der Waals surface area contributed by atoms with Gasteiger partial charge >= 0.3 is 0 Å². The van der Waals surface area contributed by atoms with Gasteiger partial charge in [-0.3, -0.25) is 9.97 Å². The van der Waals surface area contributed by atoms with Crippen LogP contribution in [0.5, 0.6) is 17.4 Å². The van der Waals surface area contributed by atoms with E-state index in [1.807, 2.05) is 97.1 Å². The third-order valence-electron chi connectivity index (χ3n) is 5.88.